The number of allylic oxidation sites excluding steroid dienone is 2. The second kappa shape index (κ2) is 7.49. The lowest BCUT2D eigenvalue weighted by Crippen LogP contribution is -1.98. The minimum atomic E-state index is -0.299. The third-order valence-corrected chi connectivity index (χ3v) is 2.52. The first kappa shape index (κ1) is 14.2. The van der Waals surface area contributed by atoms with E-state index >= 15 is 0 Å². The highest BCUT2D eigenvalue weighted by Crippen LogP contribution is 2.11. The number of ether oxygens (including phenoxy) is 1. The summed E-state index contributed by atoms with van der Waals surface area (Å²) in [6, 6.07) is 8.37. The van der Waals surface area contributed by atoms with E-state index in [1.807, 2.05) is 13.0 Å². The van der Waals surface area contributed by atoms with Crippen LogP contribution in [0, 0.1) is 0 Å². The molecule has 0 N–H and O–H groups in total. The summed E-state index contributed by atoms with van der Waals surface area (Å²) >= 11 is 0. The molecule has 0 saturated carbocycles. The Labute approximate surface area is 109 Å². The van der Waals surface area contributed by atoms with E-state index in [0.29, 0.717) is 6.61 Å². The van der Waals surface area contributed by atoms with Crippen molar-refractivity contribution < 1.29 is 9.53 Å². The summed E-state index contributed by atoms with van der Waals surface area (Å²) in [6.45, 7) is 6.31. The van der Waals surface area contributed by atoms with Gasteiger partial charge in [-0.05, 0) is 31.4 Å². The van der Waals surface area contributed by atoms with Crippen LogP contribution in [0.15, 0.2) is 42.0 Å². The standard InChI is InChI=1S/C16H20O2/c1-4-14-7-6-8-15(12-14)11-13(3)9-10-16(17)18-5-2/h6-12H,4-5H2,1-3H3/b10-9+,13-11+. The minimum Gasteiger partial charge on any atom is -0.463 e. The third kappa shape index (κ3) is 5.00. The average molecular weight is 244 g/mol. The first-order valence-electron chi connectivity index (χ1n) is 6.27. The summed E-state index contributed by atoms with van der Waals surface area (Å²) in [6.07, 6.45) is 6.31. The Morgan fingerprint density at radius 2 is 2.06 bits per heavy atom. The molecule has 1 aromatic carbocycles. The number of esters is 1. The molecule has 0 amide bonds. The molecular formula is C16H20O2. The molecule has 0 aliphatic carbocycles. The normalized spacial score (nSPS) is 11.8. The van der Waals surface area contributed by atoms with Gasteiger partial charge in [0.25, 0.3) is 0 Å². The highest BCUT2D eigenvalue weighted by atomic mass is 16.5. The quantitative estimate of drug-likeness (QED) is 0.447. The summed E-state index contributed by atoms with van der Waals surface area (Å²) in [4.78, 5) is 11.2. The van der Waals surface area contributed by atoms with Crippen molar-refractivity contribution in [2.24, 2.45) is 0 Å². The van der Waals surface area contributed by atoms with E-state index < -0.39 is 0 Å². The maximum absolute atomic E-state index is 11.2. The van der Waals surface area contributed by atoms with Gasteiger partial charge < -0.3 is 4.74 Å². The van der Waals surface area contributed by atoms with Crippen LogP contribution in [0.3, 0.4) is 0 Å². The van der Waals surface area contributed by atoms with Crippen LogP contribution < -0.4 is 0 Å². The van der Waals surface area contributed by atoms with Crippen molar-refractivity contribution in [1.29, 1.82) is 0 Å². The fourth-order valence-corrected chi connectivity index (χ4v) is 1.60. The number of hydrogen-bond acceptors (Lipinski definition) is 2. The molecule has 96 valence electrons. The summed E-state index contributed by atoms with van der Waals surface area (Å²) in [5, 5.41) is 0. The molecule has 1 rings (SSSR count). The third-order valence-electron chi connectivity index (χ3n) is 2.52. The zero-order valence-corrected chi connectivity index (χ0v) is 11.3. The number of aryl methyl sites for hydroxylation is 1. The Morgan fingerprint density at radius 1 is 1.28 bits per heavy atom. The molecule has 2 heteroatoms. The van der Waals surface area contributed by atoms with Gasteiger partial charge in [0.05, 0.1) is 6.61 Å². The van der Waals surface area contributed by atoms with Crippen LogP contribution in [-0.4, -0.2) is 12.6 Å². The number of benzene rings is 1. The Kier molecular flexibility index (Phi) is 5.92. The summed E-state index contributed by atoms with van der Waals surface area (Å²) in [5.74, 6) is -0.299. The van der Waals surface area contributed by atoms with E-state index in [2.05, 4.69) is 31.2 Å². The van der Waals surface area contributed by atoms with E-state index in [-0.39, 0.29) is 5.97 Å². The van der Waals surface area contributed by atoms with Crippen molar-refractivity contribution in [3.63, 3.8) is 0 Å². The van der Waals surface area contributed by atoms with Gasteiger partial charge in [0.15, 0.2) is 0 Å². The lowest BCUT2D eigenvalue weighted by Gasteiger charge is -2.00. The van der Waals surface area contributed by atoms with Crippen LogP contribution in [-0.2, 0) is 16.0 Å². The molecule has 0 bridgehead atoms. The number of hydrogen-bond donors (Lipinski definition) is 0. The monoisotopic (exact) mass is 244 g/mol. The van der Waals surface area contributed by atoms with Gasteiger partial charge in [-0.3, -0.25) is 0 Å². The lowest BCUT2D eigenvalue weighted by atomic mass is 10.1. The predicted octanol–water partition coefficient (Wildman–Crippen LogP) is 3.77. The van der Waals surface area contributed by atoms with Gasteiger partial charge in [0, 0.05) is 6.08 Å². The molecule has 0 atom stereocenters. The SMILES string of the molecule is CCOC(=O)/C=C/C(C)=C/c1cccc(CC)c1. The van der Waals surface area contributed by atoms with E-state index in [0.717, 1.165) is 17.6 Å². The number of carbonyl (C=O) groups excluding carboxylic acids is 1. The maximum atomic E-state index is 11.2. The van der Waals surface area contributed by atoms with Crippen molar-refractivity contribution in [2.75, 3.05) is 6.61 Å². The molecule has 0 spiro atoms. The maximum Gasteiger partial charge on any atom is 0.330 e. The van der Waals surface area contributed by atoms with Crippen molar-refractivity contribution in [2.45, 2.75) is 27.2 Å². The van der Waals surface area contributed by atoms with Crippen LogP contribution in [0.4, 0.5) is 0 Å². The fourth-order valence-electron chi connectivity index (χ4n) is 1.60. The van der Waals surface area contributed by atoms with Gasteiger partial charge in [-0.2, -0.15) is 0 Å². The van der Waals surface area contributed by atoms with E-state index in [9.17, 15) is 4.79 Å². The molecule has 0 saturated heterocycles. The Balaban J connectivity index is 2.73. The van der Waals surface area contributed by atoms with Crippen LogP contribution in [0.25, 0.3) is 6.08 Å². The second-order valence-corrected chi connectivity index (χ2v) is 4.07. The second-order valence-electron chi connectivity index (χ2n) is 4.07. The molecule has 0 fully saturated rings. The largest absolute Gasteiger partial charge is 0.463 e. The first-order chi connectivity index (χ1) is 8.65. The van der Waals surface area contributed by atoms with Gasteiger partial charge in [-0.1, -0.05) is 48.9 Å². The number of carbonyl (C=O) groups is 1. The summed E-state index contributed by atoms with van der Waals surface area (Å²) in [7, 11) is 0. The molecule has 1 aromatic rings. The molecule has 18 heavy (non-hydrogen) atoms. The Morgan fingerprint density at radius 3 is 2.72 bits per heavy atom. The Bertz CT molecular complexity index is 456. The highest BCUT2D eigenvalue weighted by molar-refractivity contribution is 5.82. The lowest BCUT2D eigenvalue weighted by molar-refractivity contribution is -0.137. The minimum absolute atomic E-state index is 0.299. The topological polar surface area (TPSA) is 26.3 Å². The van der Waals surface area contributed by atoms with E-state index in [1.165, 1.54) is 11.6 Å². The zero-order chi connectivity index (χ0) is 13.4. The predicted molar refractivity (Wildman–Crippen MR) is 75.2 cm³/mol. The molecular weight excluding hydrogens is 224 g/mol. The van der Waals surface area contributed by atoms with Crippen molar-refractivity contribution in [1.82, 2.24) is 0 Å². The molecule has 0 aliphatic heterocycles. The van der Waals surface area contributed by atoms with Crippen LogP contribution in [0.1, 0.15) is 31.9 Å². The van der Waals surface area contributed by atoms with E-state index in [1.54, 1.807) is 13.0 Å². The zero-order valence-electron chi connectivity index (χ0n) is 11.3. The van der Waals surface area contributed by atoms with Gasteiger partial charge in [-0.15, -0.1) is 0 Å². The van der Waals surface area contributed by atoms with Crippen molar-refractivity contribution in [3.05, 3.63) is 53.1 Å². The summed E-state index contributed by atoms with van der Waals surface area (Å²) in [5.41, 5.74) is 3.49. The summed E-state index contributed by atoms with van der Waals surface area (Å²) < 4.78 is 4.83. The van der Waals surface area contributed by atoms with Crippen LogP contribution in [0.2, 0.25) is 0 Å². The molecule has 0 aromatic heterocycles. The van der Waals surface area contributed by atoms with Gasteiger partial charge in [-0.25, -0.2) is 4.79 Å². The molecule has 0 unspecified atom stereocenters. The molecule has 2 nitrogen and oxygen atoms in total. The Hall–Kier alpha value is -1.83. The molecule has 0 heterocycles. The molecule has 0 aliphatic rings. The van der Waals surface area contributed by atoms with Crippen LogP contribution in [0.5, 0.6) is 0 Å². The average Bonchev–Trinajstić information content (AvgIpc) is 2.37. The number of rotatable bonds is 5. The van der Waals surface area contributed by atoms with Crippen molar-refractivity contribution >= 4 is 12.0 Å². The van der Waals surface area contributed by atoms with Gasteiger partial charge >= 0.3 is 5.97 Å². The first-order valence-corrected chi connectivity index (χ1v) is 6.27. The highest BCUT2D eigenvalue weighted by Gasteiger charge is 1.94. The van der Waals surface area contributed by atoms with Crippen LogP contribution >= 0.6 is 0 Å². The van der Waals surface area contributed by atoms with Crippen molar-refractivity contribution in [3.8, 4) is 0 Å². The van der Waals surface area contributed by atoms with E-state index in [4.69, 9.17) is 4.74 Å². The smallest absolute Gasteiger partial charge is 0.330 e. The van der Waals surface area contributed by atoms with Gasteiger partial charge in [0.1, 0.15) is 0 Å². The fraction of sp³-hybridized carbons (Fsp3) is 0.312. The van der Waals surface area contributed by atoms with Gasteiger partial charge in [0.2, 0.25) is 0 Å². The molecule has 0 radical (unpaired) electrons.